The third-order valence-corrected chi connectivity index (χ3v) is 6.42. The van der Waals surface area contributed by atoms with Crippen molar-refractivity contribution in [3.63, 3.8) is 0 Å². The van der Waals surface area contributed by atoms with Crippen LogP contribution >= 0.6 is 23.2 Å². The van der Waals surface area contributed by atoms with E-state index in [1.165, 1.54) is 4.68 Å². The maximum atomic E-state index is 12.8. The highest BCUT2D eigenvalue weighted by atomic mass is 35.5. The number of anilines is 1. The minimum Gasteiger partial charge on any atom is -0.395 e. The number of nitrogens with zero attached hydrogens (tertiary/aromatic N) is 4. The molecule has 1 aromatic carbocycles. The summed E-state index contributed by atoms with van der Waals surface area (Å²) in [7, 11) is 0. The van der Waals surface area contributed by atoms with Crippen LogP contribution in [0.5, 0.6) is 0 Å². The van der Waals surface area contributed by atoms with Crippen molar-refractivity contribution in [2.45, 2.75) is 37.8 Å². The van der Waals surface area contributed by atoms with E-state index in [9.17, 15) is 9.90 Å². The maximum Gasteiger partial charge on any atom is 0.292 e. The molecule has 2 atom stereocenters. The Bertz CT molecular complexity index is 887. The molecule has 2 fully saturated rings. The van der Waals surface area contributed by atoms with E-state index in [-0.39, 0.29) is 29.3 Å². The van der Waals surface area contributed by atoms with Gasteiger partial charge in [-0.05, 0) is 56.5 Å². The second-order valence-electron chi connectivity index (χ2n) is 7.50. The van der Waals surface area contributed by atoms with E-state index < -0.39 is 0 Å². The molecule has 0 spiro atoms. The van der Waals surface area contributed by atoms with Crippen LogP contribution in [-0.4, -0.2) is 58.1 Å². The summed E-state index contributed by atoms with van der Waals surface area (Å²) in [6, 6.07) is 7.45. The fourth-order valence-electron chi connectivity index (χ4n) is 4.35. The molecule has 2 aromatic rings. The highest BCUT2D eigenvalue weighted by Crippen LogP contribution is 2.31. The van der Waals surface area contributed by atoms with Gasteiger partial charge in [-0.25, -0.2) is 0 Å². The van der Waals surface area contributed by atoms with Crippen LogP contribution in [0.15, 0.2) is 35.3 Å². The zero-order valence-electron chi connectivity index (χ0n) is 15.6. The van der Waals surface area contributed by atoms with Gasteiger partial charge in [-0.3, -0.25) is 9.69 Å². The number of aliphatic hydroxyl groups is 1. The van der Waals surface area contributed by atoms with Gasteiger partial charge >= 0.3 is 0 Å². The van der Waals surface area contributed by atoms with Crippen molar-refractivity contribution in [2.24, 2.45) is 0 Å². The van der Waals surface area contributed by atoms with Crippen LogP contribution in [-0.2, 0) is 0 Å². The molecule has 0 amide bonds. The summed E-state index contributed by atoms with van der Waals surface area (Å²) in [5.41, 5.74) is 0.990. The van der Waals surface area contributed by atoms with E-state index >= 15 is 0 Å². The Morgan fingerprint density at radius 3 is 2.54 bits per heavy atom. The maximum absolute atomic E-state index is 12.8. The standard InChI is InChI=1S/C20H24Cl2N4O2/c21-14-5-7-15(8-6-14)26-20(28)19(22)18(11-23-26)25-10-2-3-16(25)12-24-9-1-4-17(24)13-27/h5-8,11,16-17,27H,1-4,9-10,12-13H2. The SMILES string of the molecule is O=c1c(Cl)c(N2CCCC2CN2CCCC2CO)cnn1-c1ccc(Cl)cc1. The number of hydrogen-bond donors (Lipinski definition) is 1. The molecule has 2 unspecified atom stereocenters. The van der Waals surface area contributed by atoms with Crippen LogP contribution in [0.1, 0.15) is 25.7 Å². The lowest BCUT2D eigenvalue weighted by Gasteiger charge is -2.32. The molecule has 4 rings (SSSR count). The molecule has 0 aliphatic carbocycles. The molecule has 0 radical (unpaired) electrons. The highest BCUT2D eigenvalue weighted by molar-refractivity contribution is 6.33. The first-order valence-electron chi connectivity index (χ1n) is 9.74. The van der Waals surface area contributed by atoms with Crippen LogP contribution in [0.2, 0.25) is 10.0 Å². The average Bonchev–Trinajstić information content (AvgIpc) is 3.34. The Morgan fingerprint density at radius 2 is 1.79 bits per heavy atom. The summed E-state index contributed by atoms with van der Waals surface area (Å²) in [5, 5.41) is 14.7. The van der Waals surface area contributed by atoms with Gasteiger partial charge in [0.15, 0.2) is 0 Å². The van der Waals surface area contributed by atoms with Crippen molar-refractivity contribution in [2.75, 3.05) is 31.1 Å². The zero-order chi connectivity index (χ0) is 19.7. The number of rotatable bonds is 5. The van der Waals surface area contributed by atoms with Crippen LogP contribution in [0, 0.1) is 0 Å². The van der Waals surface area contributed by atoms with E-state index in [0.29, 0.717) is 16.4 Å². The Balaban J connectivity index is 1.59. The van der Waals surface area contributed by atoms with Crippen molar-refractivity contribution >= 4 is 28.9 Å². The topological polar surface area (TPSA) is 61.6 Å². The molecule has 2 aliphatic heterocycles. The predicted octanol–water partition coefficient (Wildman–Crippen LogP) is 2.96. The number of hydrogen-bond acceptors (Lipinski definition) is 5. The molecule has 2 aliphatic rings. The summed E-state index contributed by atoms with van der Waals surface area (Å²) in [4.78, 5) is 17.4. The van der Waals surface area contributed by atoms with Crippen molar-refractivity contribution in [1.29, 1.82) is 0 Å². The lowest BCUT2D eigenvalue weighted by molar-refractivity contribution is 0.153. The van der Waals surface area contributed by atoms with E-state index in [0.717, 1.165) is 45.3 Å². The minimum atomic E-state index is -0.332. The van der Waals surface area contributed by atoms with Gasteiger partial charge in [0, 0.05) is 30.2 Å². The summed E-state index contributed by atoms with van der Waals surface area (Å²) < 4.78 is 1.30. The Morgan fingerprint density at radius 1 is 1.07 bits per heavy atom. The number of likely N-dealkylation sites (tertiary alicyclic amines) is 1. The second kappa shape index (κ2) is 8.41. The molecule has 150 valence electrons. The van der Waals surface area contributed by atoms with Crippen molar-refractivity contribution in [1.82, 2.24) is 14.7 Å². The van der Waals surface area contributed by atoms with Gasteiger partial charge in [0.25, 0.3) is 5.56 Å². The second-order valence-corrected chi connectivity index (χ2v) is 8.31. The third kappa shape index (κ3) is 3.79. The molecular weight excluding hydrogens is 399 g/mol. The summed E-state index contributed by atoms with van der Waals surface area (Å²) in [6.07, 6.45) is 5.95. The summed E-state index contributed by atoms with van der Waals surface area (Å²) in [5.74, 6) is 0. The molecule has 0 bridgehead atoms. The van der Waals surface area contributed by atoms with Gasteiger partial charge in [-0.1, -0.05) is 23.2 Å². The smallest absolute Gasteiger partial charge is 0.292 e. The van der Waals surface area contributed by atoms with Gasteiger partial charge in [0.2, 0.25) is 0 Å². The van der Waals surface area contributed by atoms with Crippen molar-refractivity contribution < 1.29 is 5.11 Å². The van der Waals surface area contributed by atoms with Crippen LogP contribution in [0.4, 0.5) is 5.69 Å². The quantitative estimate of drug-likeness (QED) is 0.802. The molecule has 2 saturated heterocycles. The fourth-order valence-corrected chi connectivity index (χ4v) is 4.71. The number of aromatic nitrogens is 2. The van der Waals surface area contributed by atoms with Crippen molar-refractivity contribution in [3.8, 4) is 5.69 Å². The normalized spacial score (nSPS) is 22.9. The van der Waals surface area contributed by atoms with E-state index in [1.807, 2.05) is 0 Å². The van der Waals surface area contributed by atoms with E-state index in [2.05, 4.69) is 14.9 Å². The minimum absolute atomic E-state index is 0.192. The molecule has 1 aromatic heterocycles. The number of halogens is 2. The monoisotopic (exact) mass is 422 g/mol. The highest BCUT2D eigenvalue weighted by Gasteiger charge is 2.32. The van der Waals surface area contributed by atoms with Crippen molar-refractivity contribution in [3.05, 3.63) is 50.9 Å². The van der Waals surface area contributed by atoms with Gasteiger partial charge in [0.05, 0.1) is 24.2 Å². The first kappa shape index (κ1) is 19.7. The molecule has 0 saturated carbocycles. The summed E-state index contributed by atoms with van der Waals surface area (Å²) >= 11 is 12.4. The van der Waals surface area contributed by atoms with Gasteiger partial charge in [-0.2, -0.15) is 9.78 Å². The Hall–Kier alpha value is -1.60. The first-order chi connectivity index (χ1) is 13.6. The van der Waals surface area contributed by atoms with Gasteiger partial charge < -0.3 is 10.0 Å². The lowest BCUT2D eigenvalue weighted by Crippen LogP contribution is -2.44. The lowest BCUT2D eigenvalue weighted by atomic mass is 10.1. The van der Waals surface area contributed by atoms with Crippen LogP contribution < -0.4 is 10.5 Å². The zero-order valence-corrected chi connectivity index (χ0v) is 17.1. The Labute approximate surface area is 174 Å². The Kier molecular flexibility index (Phi) is 5.92. The third-order valence-electron chi connectivity index (χ3n) is 5.81. The average molecular weight is 423 g/mol. The largest absolute Gasteiger partial charge is 0.395 e. The predicted molar refractivity (Wildman–Crippen MR) is 112 cm³/mol. The molecular formula is C20H24Cl2N4O2. The van der Waals surface area contributed by atoms with Gasteiger partial charge in [-0.15, -0.1) is 0 Å². The van der Waals surface area contributed by atoms with E-state index in [4.69, 9.17) is 23.2 Å². The molecule has 6 nitrogen and oxygen atoms in total. The van der Waals surface area contributed by atoms with Gasteiger partial charge in [0.1, 0.15) is 5.02 Å². The molecule has 28 heavy (non-hydrogen) atoms. The molecule has 3 heterocycles. The van der Waals surface area contributed by atoms with Crippen LogP contribution in [0.3, 0.4) is 0 Å². The van der Waals surface area contributed by atoms with E-state index in [1.54, 1.807) is 30.5 Å². The first-order valence-corrected chi connectivity index (χ1v) is 10.5. The fraction of sp³-hybridized carbons (Fsp3) is 0.500. The summed E-state index contributed by atoms with van der Waals surface area (Å²) in [6.45, 7) is 2.95. The van der Waals surface area contributed by atoms with Crippen LogP contribution in [0.25, 0.3) is 5.69 Å². The number of aliphatic hydroxyl groups excluding tert-OH is 1. The molecule has 1 N–H and O–H groups in total. The number of benzene rings is 1. The molecule has 8 heteroatoms.